The lowest BCUT2D eigenvalue weighted by atomic mass is 10.1. The molecule has 30 heavy (non-hydrogen) atoms. The zero-order valence-electron chi connectivity index (χ0n) is 16.6. The van der Waals surface area contributed by atoms with Gasteiger partial charge in [-0.2, -0.15) is 0 Å². The molecule has 1 aromatic heterocycles. The first-order chi connectivity index (χ1) is 14.6. The Kier molecular flexibility index (Phi) is 4.39. The van der Waals surface area contributed by atoms with E-state index < -0.39 is 0 Å². The summed E-state index contributed by atoms with van der Waals surface area (Å²) in [6.07, 6.45) is 0.952. The molecule has 0 radical (unpaired) electrons. The van der Waals surface area contributed by atoms with Crippen LogP contribution in [0.2, 0.25) is 0 Å². The Morgan fingerprint density at radius 2 is 1.97 bits per heavy atom. The number of benzene rings is 3. The first-order valence-electron chi connectivity index (χ1n) is 10.00. The van der Waals surface area contributed by atoms with Crippen LogP contribution in [-0.4, -0.2) is 29.9 Å². The van der Waals surface area contributed by atoms with E-state index in [9.17, 15) is 9.59 Å². The summed E-state index contributed by atoms with van der Waals surface area (Å²) in [6.45, 7) is 2.25. The number of carbonyl (C=O) groups is 2. The fraction of sp³-hybridized carbons (Fsp3) is 0.167. The van der Waals surface area contributed by atoms with Gasteiger partial charge in [0.15, 0.2) is 5.75 Å². The number of esters is 1. The minimum Gasteiger partial charge on any atom is -0.423 e. The van der Waals surface area contributed by atoms with Gasteiger partial charge in [-0.3, -0.25) is 4.79 Å². The van der Waals surface area contributed by atoms with E-state index in [1.165, 1.54) is 10.9 Å². The van der Waals surface area contributed by atoms with Gasteiger partial charge in [0.25, 0.3) is 0 Å². The maximum absolute atomic E-state index is 12.7. The summed E-state index contributed by atoms with van der Waals surface area (Å²) in [5, 5.41) is 5.26. The molecule has 6 heteroatoms. The average Bonchev–Trinajstić information content (AvgIpc) is 3.11. The number of aromatic nitrogens is 1. The Balaban J connectivity index is 1.39. The summed E-state index contributed by atoms with van der Waals surface area (Å²) >= 11 is 0. The average molecular weight is 399 g/mol. The van der Waals surface area contributed by atoms with Crippen molar-refractivity contribution in [3.8, 4) is 5.75 Å². The lowest BCUT2D eigenvalue weighted by Gasteiger charge is -2.29. The second-order valence-electron chi connectivity index (χ2n) is 7.42. The van der Waals surface area contributed by atoms with Crippen molar-refractivity contribution >= 4 is 45.1 Å². The van der Waals surface area contributed by atoms with Crippen LogP contribution < -0.4 is 15.0 Å². The summed E-state index contributed by atoms with van der Waals surface area (Å²) < 4.78 is 5.24. The van der Waals surface area contributed by atoms with Crippen LogP contribution in [0.1, 0.15) is 12.5 Å². The topological polar surface area (TPSA) is 74.4 Å². The predicted molar refractivity (Wildman–Crippen MR) is 118 cm³/mol. The first-order valence-corrected chi connectivity index (χ1v) is 10.00. The summed E-state index contributed by atoms with van der Waals surface area (Å²) in [7, 11) is 0. The lowest BCUT2D eigenvalue weighted by molar-refractivity contribution is -0.133. The molecule has 2 N–H and O–H groups in total. The molecule has 0 spiro atoms. The van der Waals surface area contributed by atoms with E-state index in [-0.39, 0.29) is 25.0 Å². The van der Waals surface area contributed by atoms with Crippen LogP contribution in [0, 0.1) is 0 Å². The molecule has 2 heterocycles. The van der Waals surface area contributed by atoms with E-state index in [4.69, 9.17) is 4.74 Å². The molecule has 1 aliphatic rings. The van der Waals surface area contributed by atoms with E-state index in [1.54, 1.807) is 17.0 Å². The smallest absolute Gasteiger partial charge is 0.331 e. The Morgan fingerprint density at radius 1 is 1.10 bits per heavy atom. The highest BCUT2D eigenvalue weighted by Gasteiger charge is 2.25. The van der Waals surface area contributed by atoms with Crippen molar-refractivity contribution in [1.82, 2.24) is 4.98 Å². The maximum atomic E-state index is 12.7. The third-order valence-corrected chi connectivity index (χ3v) is 5.47. The second-order valence-corrected chi connectivity index (χ2v) is 7.42. The Hall–Kier alpha value is -3.80. The van der Waals surface area contributed by atoms with Crippen LogP contribution in [0.3, 0.4) is 0 Å². The minimum absolute atomic E-state index is 0.0469. The molecular formula is C24H21N3O3. The summed E-state index contributed by atoms with van der Waals surface area (Å²) in [5.41, 5.74) is 4.85. The molecule has 0 bridgehead atoms. The van der Waals surface area contributed by atoms with Crippen LogP contribution in [0.5, 0.6) is 5.75 Å². The zero-order valence-corrected chi connectivity index (χ0v) is 16.6. The van der Waals surface area contributed by atoms with Crippen molar-refractivity contribution in [3.05, 3.63) is 66.2 Å². The van der Waals surface area contributed by atoms with Crippen molar-refractivity contribution in [1.29, 1.82) is 0 Å². The number of H-pyrrole nitrogens is 1. The number of amides is 1. The quantitative estimate of drug-likeness (QED) is 0.397. The van der Waals surface area contributed by atoms with Gasteiger partial charge >= 0.3 is 5.97 Å². The molecule has 4 aromatic rings. The number of rotatable bonds is 4. The van der Waals surface area contributed by atoms with E-state index in [0.717, 1.165) is 28.5 Å². The van der Waals surface area contributed by atoms with Crippen molar-refractivity contribution in [2.24, 2.45) is 0 Å². The molecule has 0 unspecified atom stereocenters. The summed E-state index contributed by atoms with van der Waals surface area (Å²) in [6, 6.07) is 19.4. The van der Waals surface area contributed by atoms with Gasteiger partial charge in [-0.15, -0.1) is 0 Å². The van der Waals surface area contributed by atoms with E-state index in [0.29, 0.717) is 11.4 Å². The van der Waals surface area contributed by atoms with Crippen molar-refractivity contribution in [2.75, 3.05) is 23.3 Å². The van der Waals surface area contributed by atoms with Gasteiger partial charge in [0.2, 0.25) is 5.91 Å². The highest BCUT2D eigenvalue weighted by atomic mass is 16.5. The van der Waals surface area contributed by atoms with Crippen LogP contribution in [-0.2, 0) is 16.0 Å². The third-order valence-electron chi connectivity index (χ3n) is 5.47. The SMILES string of the molecule is CCc1cccc2c1[nH]c1cc(NC(=O)CN3CC(=O)Oc4ccccc43)ccc12. The van der Waals surface area contributed by atoms with Gasteiger partial charge in [0.1, 0.15) is 6.54 Å². The van der Waals surface area contributed by atoms with Gasteiger partial charge < -0.3 is 19.9 Å². The zero-order chi connectivity index (χ0) is 20.7. The number of nitrogens with one attached hydrogen (secondary N) is 2. The molecule has 150 valence electrons. The molecule has 3 aromatic carbocycles. The number of hydrogen-bond acceptors (Lipinski definition) is 4. The molecular weight excluding hydrogens is 378 g/mol. The number of anilines is 2. The molecule has 1 aliphatic heterocycles. The van der Waals surface area contributed by atoms with Crippen LogP contribution in [0.15, 0.2) is 60.7 Å². The number of fused-ring (bicyclic) bond motifs is 4. The first kappa shape index (κ1) is 18.2. The van der Waals surface area contributed by atoms with Gasteiger partial charge in [0, 0.05) is 27.5 Å². The van der Waals surface area contributed by atoms with Gasteiger partial charge in [-0.25, -0.2) is 4.79 Å². The molecule has 0 fully saturated rings. The van der Waals surface area contributed by atoms with Crippen molar-refractivity contribution in [3.63, 3.8) is 0 Å². The monoisotopic (exact) mass is 399 g/mol. The van der Waals surface area contributed by atoms with Gasteiger partial charge in [0.05, 0.1) is 12.2 Å². The fourth-order valence-electron chi connectivity index (χ4n) is 4.08. The number of hydrogen-bond donors (Lipinski definition) is 2. The van der Waals surface area contributed by atoms with Crippen molar-refractivity contribution < 1.29 is 14.3 Å². The molecule has 5 rings (SSSR count). The highest BCUT2D eigenvalue weighted by molar-refractivity contribution is 6.09. The molecule has 6 nitrogen and oxygen atoms in total. The molecule has 0 atom stereocenters. The summed E-state index contributed by atoms with van der Waals surface area (Å²) in [4.78, 5) is 29.8. The molecule has 0 saturated heterocycles. The molecule has 1 amide bonds. The Labute approximate surface area is 173 Å². The van der Waals surface area contributed by atoms with Gasteiger partial charge in [-0.05, 0) is 36.2 Å². The number of ether oxygens (including phenoxy) is 1. The standard InChI is InChI=1S/C24H21N3O3/c1-2-15-6-5-7-18-17-11-10-16(12-19(17)26-24(15)18)25-22(28)13-27-14-23(29)30-21-9-4-3-8-20(21)27/h3-12,26H,2,13-14H2,1H3,(H,25,28). The fourth-order valence-corrected chi connectivity index (χ4v) is 4.08. The Morgan fingerprint density at radius 3 is 2.83 bits per heavy atom. The van der Waals surface area contributed by atoms with Gasteiger partial charge in [-0.1, -0.05) is 43.3 Å². The number of nitrogens with zero attached hydrogens (tertiary/aromatic N) is 1. The molecule has 0 aliphatic carbocycles. The molecule has 0 saturated carbocycles. The normalized spacial score (nSPS) is 13.4. The predicted octanol–water partition coefficient (Wildman–Crippen LogP) is 4.25. The van der Waals surface area contributed by atoms with Crippen molar-refractivity contribution in [2.45, 2.75) is 13.3 Å². The number of carbonyl (C=O) groups excluding carboxylic acids is 2. The highest BCUT2D eigenvalue weighted by Crippen LogP contribution is 2.32. The second kappa shape index (κ2) is 7.22. The number of aryl methyl sites for hydroxylation is 1. The Bertz CT molecular complexity index is 1290. The number of aromatic amines is 1. The van der Waals surface area contributed by atoms with E-state index in [2.05, 4.69) is 35.4 Å². The minimum atomic E-state index is -0.368. The van der Waals surface area contributed by atoms with E-state index in [1.807, 2.05) is 30.3 Å². The largest absolute Gasteiger partial charge is 0.423 e. The van der Waals surface area contributed by atoms with E-state index >= 15 is 0 Å². The van der Waals surface area contributed by atoms with Crippen LogP contribution >= 0.6 is 0 Å². The van der Waals surface area contributed by atoms with Crippen LogP contribution in [0.4, 0.5) is 11.4 Å². The maximum Gasteiger partial charge on any atom is 0.331 e. The lowest BCUT2D eigenvalue weighted by Crippen LogP contribution is -2.41. The third kappa shape index (κ3) is 3.16. The van der Waals surface area contributed by atoms with Crippen LogP contribution in [0.25, 0.3) is 21.8 Å². The summed E-state index contributed by atoms with van der Waals surface area (Å²) in [5.74, 6) is -0.0790. The number of para-hydroxylation sites is 3.